The predicted molar refractivity (Wildman–Crippen MR) is 110 cm³/mol. The number of furan rings is 1. The number of fused-ring (bicyclic) bond motifs is 1. The first-order valence-electron chi connectivity index (χ1n) is 9.31. The summed E-state index contributed by atoms with van der Waals surface area (Å²) in [5.41, 5.74) is 3.59. The molecule has 3 N–H and O–H groups in total. The van der Waals surface area contributed by atoms with E-state index in [1.54, 1.807) is 6.07 Å². The van der Waals surface area contributed by atoms with Crippen LogP contribution in [0.25, 0.3) is 11.0 Å². The number of phenolic OH excluding ortho intramolecular Hbond substituents is 1. The van der Waals surface area contributed by atoms with Crippen molar-refractivity contribution < 1.29 is 28.6 Å². The van der Waals surface area contributed by atoms with Crippen molar-refractivity contribution in [2.24, 2.45) is 0 Å². The molecule has 0 spiro atoms. The maximum Gasteiger partial charge on any atom is 0.310 e. The van der Waals surface area contributed by atoms with Gasteiger partial charge in [0.05, 0.1) is 19.2 Å². The second-order valence-corrected chi connectivity index (χ2v) is 6.87. The molecule has 0 bridgehead atoms. The van der Waals surface area contributed by atoms with Crippen molar-refractivity contribution in [2.45, 2.75) is 20.3 Å². The number of para-hydroxylation sites is 1. The van der Waals surface area contributed by atoms with Gasteiger partial charge in [-0.1, -0.05) is 18.2 Å². The summed E-state index contributed by atoms with van der Waals surface area (Å²) in [5, 5.41) is 15.3. The van der Waals surface area contributed by atoms with E-state index in [2.05, 4.69) is 10.6 Å². The molecule has 0 unspecified atom stereocenters. The van der Waals surface area contributed by atoms with Gasteiger partial charge in [0.15, 0.2) is 6.61 Å². The van der Waals surface area contributed by atoms with Gasteiger partial charge in [-0.2, -0.15) is 0 Å². The van der Waals surface area contributed by atoms with E-state index in [-0.39, 0.29) is 24.6 Å². The smallest absolute Gasteiger partial charge is 0.310 e. The highest BCUT2D eigenvalue weighted by molar-refractivity contribution is 5.96. The quantitative estimate of drug-likeness (QED) is 0.516. The standard InChI is InChI=1S/C22H22N2O6/c1-13-4-3-5-14(2)22(13)24-19(26)10-23-20(27)12-30-21(28)8-15-11-29-18-9-16(25)6-7-17(15)18/h3-7,9,11,25H,8,10,12H2,1-2H3,(H,23,27)(H,24,26). The Balaban J connectivity index is 1.44. The maximum atomic E-state index is 12.1. The van der Waals surface area contributed by atoms with Crippen molar-refractivity contribution in [3.63, 3.8) is 0 Å². The van der Waals surface area contributed by atoms with Crippen LogP contribution in [0.1, 0.15) is 16.7 Å². The van der Waals surface area contributed by atoms with Gasteiger partial charge in [-0.05, 0) is 37.1 Å². The summed E-state index contributed by atoms with van der Waals surface area (Å²) in [4.78, 5) is 35.9. The van der Waals surface area contributed by atoms with Crippen molar-refractivity contribution in [1.29, 1.82) is 0 Å². The highest BCUT2D eigenvalue weighted by Gasteiger charge is 2.14. The Labute approximate surface area is 172 Å². The number of hydrogen-bond acceptors (Lipinski definition) is 6. The Morgan fingerprint density at radius 2 is 1.80 bits per heavy atom. The van der Waals surface area contributed by atoms with Gasteiger partial charge in [0.1, 0.15) is 11.3 Å². The number of nitrogens with one attached hydrogen (secondary N) is 2. The summed E-state index contributed by atoms with van der Waals surface area (Å²) >= 11 is 0. The lowest BCUT2D eigenvalue weighted by molar-refractivity contribution is -0.147. The number of ether oxygens (including phenoxy) is 1. The fourth-order valence-electron chi connectivity index (χ4n) is 2.99. The highest BCUT2D eigenvalue weighted by atomic mass is 16.5. The zero-order valence-electron chi connectivity index (χ0n) is 16.7. The van der Waals surface area contributed by atoms with Crippen LogP contribution < -0.4 is 10.6 Å². The highest BCUT2D eigenvalue weighted by Crippen LogP contribution is 2.25. The number of rotatable bonds is 7. The molecule has 8 heteroatoms. The topological polar surface area (TPSA) is 118 Å². The average Bonchev–Trinajstić information content (AvgIpc) is 3.09. The Kier molecular flexibility index (Phi) is 6.36. The normalized spacial score (nSPS) is 10.6. The van der Waals surface area contributed by atoms with Crippen LogP contribution in [-0.2, 0) is 25.5 Å². The van der Waals surface area contributed by atoms with Gasteiger partial charge in [0, 0.05) is 22.7 Å². The Hall–Kier alpha value is -3.81. The van der Waals surface area contributed by atoms with Gasteiger partial charge in [-0.25, -0.2) is 0 Å². The first-order chi connectivity index (χ1) is 14.3. The van der Waals surface area contributed by atoms with E-state index < -0.39 is 18.5 Å². The monoisotopic (exact) mass is 410 g/mol. The maximum absolute atomic E-state index is 12.1. The number of carbonyl (C=O) groups excluding carboxylic acids is 3. The summed E-state index contributed by atoms with van der Waals surface area (Å²) < 4.78 is 10.3. The van der Waals surface area contributed by atoms with Crippen LogP contribution in [0.4, 0.5) is 5.69 Å². The molecule has 1 heterocycles. The molecule has 0 fully saturated rings. The van der Waals surface area contributed by atoms with Crippen LogP contribution in [0.3, 0.4) is 0 Å². The summed E-state index contributed by atoms with van der Waals surface area (Å²) in [6.07, 6.45) is 1.32. The van der Waals surface area contributed by atoms with Crippen molar-refractivity contribution in [2.75, 3.05) is 18.5 Å². The van der Waals surface area contributed by atoms with Gasteiger partial charge in [0.25, 0.3) is 5.91 Å². The Bertz CT molecular complexity index is 1080. The van der Waals surface area contributed by atoms with Gasteiger partial charge in [-0.3, -0.25) is 14.4 Å². The summed E-state index contributed by atoms with van der Waals surface area (Å²) in [7, 11) is 0. The number of esters is 1. The molecule has 0 radical (unpaired) electrons. The molecule has 8 nitrogen and oxygen atoms in total. The van der Waals surface area contributed by atoms with Crippen molar-refractivity contribution in [1.82, 2.24) is 5.32 Å². The predicted octanol–water partition coefficient (Wildman–Crippen LogP) is 2.60. The molecule has 0 saturated carbocycles. The van der Waals surface area contributed by atoms with Gasteiger partial charge in [0.2, 0.25) is 5.91 Å². The lowest BCUT2D eigenvalue weighted by atomic mass is 10.1. The lowest BCUT2D eigenvalue weighted by Gasteiger charge is -2.12. The summed E-state index contributed by atoms with van der Waals surface area (Å²) in [6.45, 7) is 3.03. The molecule has 2 aromatic carbocycles. The average molecular weight is 410 g/mol. The van der Waals surface area contributed by atoms with E-state index in [1.807, 2.05) is 32.0 Å². The molecule has 2 amide bonds. The van der Waals surface area contributed by atoms with Crippen LogP contribution >= 0.6 is 0 Å². The van der Waals surface area contributed by atoms with E-state index in [0.29, 0.717) is 22.2 Å². The molecule has 0 aliphatic rings. The molecule has 0 atom stereocenters. The van der Waals surface area contributed by atoms with Crippen molar-refractivity contribution >= 4 is 34.4 Å². The van der Waals surface area contributed by atoms with Crippen LogP contribution in [0, 0.1) is 13.8 Å². The van der Waals surface area contributed by atoms with Gasteiger partial charge in [-0.15, -0.1) is 0 Å². The van der Waals surface area contributed by atoms with E-state index in [4.69, 9.17) is 9.15 Å². The first kappa shape index (κ1) is 20.9. The molecule has 3 aromatic rings. The minimum Gasteiger partial charge on any atom is -0.508 e. The number of amides is 2. The number of phenols is 1. The van der Waals surface area contributed by atoms with Gasteiger partial charge < -0.3 is 24.9 Å². The Morgan fingerprint density at radius 3 is 2.53 bits per heavy atom. The fourth-order valence-corrected chi connectivity index (χ4v) is 2.99. The third kappa shape index (κ3) is 5.16. The second-order valence-electron chi connectivity index (χ2n) is 6.87. The number of anilines is 1. The number of carbonyl (C=O) groups is 3. The zero-order valence-corrected chi connectivity index (χ0v) is 16.7. The second kappa shape index (κ2) is 9.13. The first-order valence-corrected chi connectivity index (χ1v) is 9.31. The van der Waals surface area contributed by atoms with E-state index in [0.717, 1.165) is 11.1 Å². The molecule has 156 valence electrons. The van der Waals surface area contributed by atoms with E-state index >= 15 is 0 Å². The largest absolute Gasteiger partial charge is 0.508 e. The molecule has 30 heavy (non-hydrogen) atoms. The third-order valence-electron chi connectivity index (χ3n) is 4.53. The number of hydrogen-bond donors (Lipinski definition) is 3. The fraction of sp³-hybridized carbons (Fsp3) is 0.227. The molecular weight excluding hydrogens is 388 g/mol. The van der Waals surface area contributed by atoms with E-state index in [1.165, 1.54) is 18.4 Å². The van der Waals surface area contributed by atoms with Crippen LogP contribution in [0.15, 0.2) is 47.1 Å². The molecular formula is C22H22N2O6. The number of aromatic hydroxyl groups is 1. The SMILES string of the molecule is Cc1cccc(C)c1NC(=O)CNC(=O)COC(=O)Cc1coc2cc(O)ccc12. The zero-order chi connectivity index (χ0) is 21.7. The van der Waals surface area contributed by atoms with Crippen LogP contribution in [-0.4, -0.2) is 36.0 Å². The third-order valence-corrected chi connectivity index (χ3v) is 4.53. The minimum atomic E-state index is -0.610. The van der Waals surface area contributed by atoms with Gasteiger partial charge >= 0.3 is 5.97 Å². The molecule has 0 saturated heterocycles. The molecule has 3 rings (SSSR count). The molecule has 0 aliphatic carbocycles. The summed E-state index contributed by atoms with van der Waals surface area (Å²) in [6, 6.07) is 10.2. The lowest BCUT2D eigenvalue weighted by Crippen LogP contribution is -2.35. The Morgan fingerprint density at radius 1 is 1.07 bits per heavy atom. The minimum absolute atomic E-state index is 0.0595. The van der Waals surface area contributed by atoms with Crippen molar-refractivity contribution in [3.8, 4) is 5.75 Å². The van der Waals surface area contributed by atoms with Crippen LogP contribution in [0.5, 0.6) is 5.75 Å². The molecule has 0 aliphatic heterocycles. The van der Waals surface area contributed by atoms with E-state index in [9.17, 15) is 19.5 Å². The number of benzene rings is 2. The summed E-state index contributed by atoms with van der Waals surface area (Å²) in [5.74, 6) is -1.51. The van der Waals surface area contributed by atoms with Crippen LogP contribution in [0.2, 0.25) is 0 Å². The molecule has 1 aromatic heterocycles. The number of aryl methyl sites for hydroxylation is 2. The van der Waals surface area contributed by atoms with Crippen molar-refractivity contribution in [3.05, 3.63) is 59.4 Å².